The Bertz CT molecular complexity index is 2450. The van der Waals surface area contributed by atoms with E-state index >= 15 is 0 Å². The third-order valence-electron chi connectivity index (χ3n) is 16.5. The summed E-state index contributed by atoms with van der Waals surface area (Å²) < 4.78 is 61.2. The van der Waals surface area contributed by atoms with Gasteiger partial charge in [0.2, 0.25) is 0 Å². The first-order valence-electron chi connectivity index (χ1n) is 40.1. The number of aliphatic hydroxyl groups excluding tert-OH is 2. The monoisotopic (exact) mass is 1480 g/mol. The van der Waals surface area contributed by atoms with Gasteiger partial charge in [0.15, 0.2) is 6.10 Å². The van der Waals surface area contributed by atoms with Gasteiger partial charge in [0.05, 0.1) is 26.4 Å². The maximum atomic E-state index is 13.0. The zero-order valence-corrected chi connectivity index (χ0v) is 66.2. The standard InChI is InChI=1S/C85H144O16P2/c1-4-7-10-13-16-19-22-25-28-30-32-34-36-37-38-39-40-41-43-45-46-48-51-53-56-59-62-65-68-71-83(88)95-74-80(86)75-97-102(91,92)98-76-81(87)77-99-103(93,94)100-79-82(101-85(90)73-70-67-64-61-58-55-50-27-24-21-18-15-12-9-6-3)78-96-84(89)72-69-66-63-60-57-54-52-49-47-44-42-35-33-31-29-26-23-20-17-14-11-8-5-2/h8-9,11-12,16-21,25-29,32-35,37-38,44,47,50,80-82,86-87H,4-7,10,13-15,22-24,30-31,36,39-43,45-46,48-49,51-79H2,1-3H3,(H,91,92)(H,93,94)/b11-8-,12-9-,19-16-,20-17-,21-18-,28-25-,29-26-,34-32-,35-33-,38-37-,47-44-,50-27-. The van der Waals surface area contributed by atoms with Crippen LogP contribution in [0.2, 0.25) is 0 Å². The summed E-state index contributed by atoms with van der Waals surface area (Å²) in [6.07, 6.45) is 94.7. The van der Waals surface area contributed by atoms with Gasteiger partial charge in [-0.3, -0.25) is 32.5 Å². The van der Waals surface area contributed by atoms with Crippen LogP contribution in [0.3, 0.4) is 0 Å². The van der Waals surface area contributed by atoms with Crippen molar-refractivity contribution in [1.29, 1.82) is 0 Å². The van der Waals surface area contributed by atoms with Crippen LogP contribution < -0.4 is 0 Å². The molecule has 0 saturated carbocycles. The number of hydrogen-bond acceptors (Lipinski definition) is 14. The number of hydrogen-bond donors (Lipinski definition) is 4. The molecule has 0 aromatic rings. The van der Waals surface area contributed by atoms with Crippen LogP contribution in [0.4, 0.5) is 0 Å². The normalized spacial score (nSPS) is 14.7. The lowest BCUT2D eigenvalue weighted by Gasteiger charge is -2.21. The Balaban J connectivity index is 4.55. The predicted octanol–water partition coefficient (Wildman–Crippen LogP) is 23.7. The highest BCUT2D eigenvalue weighted by Gasteiger charge is 2.29. The van der Waals surface area contributed by atoms with E-state index in [2.05, 4.69) is 167 Å². The Morgan fingerprint density at radius 1 is 0.282 bits per heavy atom. The van der Waals surface area contributed by atoms with Gasteiger partial charge >= 0.3 is 33.6 Å². The average molecular weight is 1480 g/mol. The lowest BCUT2D eigenvalue weighted by atomic mass is 10.0. The molecule has 0 fully saturated rings. The van der Waals surface area contributed by atoms with Crippen LogP contribution in [-0.4, -0.2) is 95.9 Å². The molecule has 0 rings (SSSR count). The van der Waals surface area contributed by atoms with Crippen LogP contribution in [0.5, 0.6) is 0 Å². The van der Waals surface area contributed by atoms with Crippen LogP contribution >= 0.6 is 15.6 Å². The lowest BCUT2D eigenvalue weighted by molar-refractivity contribution is -0.161. The highest BCUT2D eigenvalue weighted by molar-refractivity contribution is 7.47. The van der Waals surface area contributed by atoms with Gasteiger partial charge in [-0.2, -0.15) is 0 Å². The quantitative estimate of drug-likeness (QED) is 0.0146. The van der Waals surface area contributed by atoms with Gasteiger partial charge in [-0.15, -0.1) is 0 Å². The molecule has 0 bridgehead atoms. The molecular weight excluding hydrogens is 1340 g/mol. The molecular formula is C85H144O16P2. The van der Waals surface area contributed by atoms with E-state index in [0.717, 1.165) is 173 Å². The van der Waals surface area contributed by atoms with E-state index < -0.39 is 91.5 Å². The summed E-state index contributed by atoms with van der Waals surface area (Å²) in [5, 5.41) is 20.6. The summed E-state index contributed by atoms with van der Waals surface area (Å²) in [7, 11) is -9.80. The first kappa shape index (κ1) is 98.4. The Labute approximate surface area is 626 Å². The van der Waals surface area contributed by atoms with Crippen LogP contribution in [0, 0.1) is 0 Å². The molecule has 18 heteroatoms. The number of rotatable bonds is 75. The lowest BCUT2D eigenvalue weighted by Crippen LogP contribution is -2.30. The van der Waals surface area contributed by atoms with E-state index in [-0.39, 0.29) is 19.3 Å². The summed E-state index contributed by atoms with van der Waals surface area (Å²) in [4.78, 5) is 58.7. The summed E-state index contributed by atoms with van der Waals surface area (Å²) in [5.41, 5.74) is 0. The number of carbonyl (C=O) groups is 3. The Kier molecular flexibility index (Phi) is 73.6. The minimum Gasteiger partial charge on any atom is -0.463 e. The number of ether oxygens (including phenoxy) is 3. The van der Waals surface area contributed by atoms with E-state index in [0.29, 0.717) is 19.3 Å². The maximum absolute atomic E-state index is 13.0. The molecule has 0 aliphatic heterocycles. The summed E-state index contributed by atoms with van der Waals surface area (Å²) in [6.45, 7) is 2.40. The Hall–Kier alpha value is -4.57. The van der Waals surface area contributed by atoms with Crippen molar-refractivity contribution in [3.63, 3.8) is 0 Å². The molecule has 5 atom stereocenters. The Morgan fingerprint density at radius 3 is 0.816 bits per heavy atom. The molecule has 0 aromatic carbocycles. The van der Waals surface area contributed by atoms with Gasteiger partial charge in [-0.05, 0) is 141 Å². The smallest absolute Gasteiger partial charge is 0.463 e. The average Bonchev–Trinajstić information content (AvgIpc) is 0.917. The van der Waals surface area contributed by atoms with Crippen molar-refractivity contribution in [2.75, 3.05) is 39.6 Å². The number of phosphoric acid groups is 2. The third-order valence-corrected chi connectivity index (χ3v) is 18.4. The number of allylic oxidation sites excluding steroid dienone is 24. The van der Waals surface area contributed by atoms with Crippen LogP contribution in [0.1, 0.15) is 316 Å². The van der Waals surface area contributed by atoms with Crippen LogP contribution in [0.25, 0.3) is 0 Å². The molecule has 590 valence electrons. The maximum Gasteiger partial charge on any atom is 0.472 e. The minimum absolute atomic E-state index is 0.0784. The van der Waals surface area contributed by atoms with Gasteiger partial charge in [0.25, 0.3) is 0 Å². The highest BCUT2D eigenvalue weighted by atomic mass is 31.2. The molecule has 0 amide bonds. The number of phosphoric ester groups is 2. The third kappa shape index (κ3) is 78.3. The molecule has 103 heavy (non-hydrogen) atoms. The molecule has 5 unspecified atom stereocenters. The van der Waals surface area contributed by atoms with Crippen molar-refractivity contribution in [2.24, 2.45) is 0 Å². The van der Waals surface area contributed by atoms with E-state index in [1.165, 1.54) is 83.5 Å². The fourth-order valence-electron chi connectivity index (χ4n) is 10.5. The molecule has 0 aromatic heterocycles. The fraction of sp³-hybridized carbons (Fsp3) is 0.682. The largest absolute Gasteiger partial charge is 0.472 e. The molecule has 0 saturated heterocycles. The topological polar surface area (TPSA) is 231 Å². The van der Waals surface area contributed by atoms with Gasteiger partial charge in [0, 0.05) is 19.3 Å². The van der Waals surface area contributed by atoms with Crippen molar-refractivity contribution in [3.8, 4) is 0 Å². The summed E-state index contributed by atoms with van der Waals surface area (Å²) in [6, 6.07) is 0. The summed E-state index contributed by atoms with van der Waals surface area (Å²) >= 11 is 0. The molecule has 0 radical (unpaired) electrons. The molecule has 0 aliphatic carbocycles. The number of unbranched alkanes of at least 4 members (excludes halogenated alkanes) is 28. The predicted molar refractivity (Wildman–Crippen MR) is 426 cm³/mol. The zero-order valence-electron chi connectivity index (χ0n) is 64.4. The minimum atomic E-state index is -4.94. The van der Waals surface area contributed by atoms with Crippen LogP contribution in [-0.2, 0) is 55.8 Å². The molecule has 0 heterocycles. The second kappa shape index (κ2) is 77.1. The zero-order chi connectivity index (χ0) is 75.2. The summed E-state index contributed by atoms with van der Waals surface area (Å²) in [5.74, 6) is -1.61. The molecule has 0 spiro atoms. The second-order valence-corrected chi connectivity index (χ2v) is 29.4. The molecule has 0 aliphatic rings. The number of esters is 3. The molecule has 16 nitrogen and oxygen atoms in total. The highest BCUT2D eigenvalue weighted by Crippen LogP contribution is 2.45. The number of carbonyl (C=O) groups excluding carboxylic acids is 3. The first-order chi connectivity index (χ1) is 50.2. The van der Waals surface area contributed by atoms with Crippen molar-refractivity contribution in [2.45, 2.75) is 334 Å². The van der Waals surface area contributed by atoms with Gasteiger partial charge in [-0.25, -0.2) is 9.13 Å². The van der Waals surface area contributed by atoms with Crippen molar-refractivity contribution in [1.82, 2.24) is 0 Å². The SMILES string of the molecule is CC/C=C\C/C=C\C/C=C\C/C=C\C/C=C\CCCCCCCCCC(=O)OCC(COP(=O)(O)OCC(O)COP(=O)(O)OCC(O)COC(=O)CCCCCCCCCCCCCCC/C=C\C/C=C\C/C=C\C/C=C\CCCCC)OC(=O)CCCCCCC/C=C\C/C=C\C/C=C\CC. The Morgan fingerprint density at radius 2 is 0.515 bits per heavy atom. The van der Waals surface area contributed by atoms with E-state index in [1.807, 2.05) is 0 Å². The van der Waals surface area contributed by atoms with Crippen LogP contribution in [0.15, 0.2) is 146 Å². The van der Waals surface area contributed by atoms with E-state index in [4.69, 9.17) is 32.3 Å². The second-order valence-electron chi connectivity index (χ2n) is 26.5. The van der Waals surface area contributed by atoms with Gasteiger partial charge < -0.3 is 34.2 Å². The van der Waals surface area contributed by atoms with Crippen molar-refractivity contribution >= 4 is 33.6 Å². The van der Waals surface area contributed by atoms with Gasteiger partial charge in [0.1, 0.15) is 25.4 Å². The molecule has 4 N–H and O–H groups in total. The van der Waals surface area contributed by atoms with Gasteiger partial charge in [-0.1, -0.05) is 301 Å². The van der Waals surface area contributed by atoms with Crippen molar-refractivity contribution < 1.29 is 75.8 Å². The fourth-order valence-corrected chi connectivity index (χ4v) is 12.1. The number of aliphatic hydroxyl groups is 2. The first-order valence-corrected chi connectivity index (χ1v) is 43.1. The van der Waals surface area contributed by atoms with E-state index in [9.17, 15) is 43.5 Å². The van der Waals surface area contributed by atoms with Crippen molar-refractivity contribution in [3.05, 3.63) is 146 Å². The van der Waals surface area contributed by atoms with E-state index in [1.54, 1.807) is 0 Å².